The lowest BCUT2D eigenvalue weighted by Crippen LogP contribution is -2.24. The van der Waals surface area contributed by atoms with Crippen molar-refractivity contribution in [1.82, 2.24) is 4.98 Å². The number of hydrogen-bond donors (Lipinski definition) is 1. The molecule has 0 fully saturated rings. The second kappa shape index (κ2) is 4.67. The summed E-state index contributed by atoms with van der Waals surface area (Å²) in [5, 5.41) is 0.619. The molecular formula is C15H12ClNO2. The van der Waals surface area contributed by atoms with Crippen molar-refractivity contribution in [2.75, 3.05) is 0 Å². The van der Waals surface area contributed by atoms with E-state index in [0.29, 0.717) is 23.4 Å². The molecule has 96 valence electrons. The van der Waals surface area contributed by atoms with Crippen LogP contribution < -0.4 is 5.56 Å². The number of benzene rings is 1. The summed E-state index contributed by atoms with van der Waals surface area (Å²) in [6.07, 6.45) is 1.36. The number of Topliss-reactive ketones (excluding diaryl/α,β-unsaturated/α-hetero) is 1. The van der Waals surface area contributed by atoms with Gasteiger partial charge in [0, 0.05) is 28.3 Å². The number of aryl methyl sites for hydroxylation is 1. The summed E-state index contributed by atoms with van der Waals surface area (Å²) in [7, 11) is 0. The summed E-state index contributed by atoms with van der Waals surface area (Å²) in [5.41, 5.74) is 2.05. The Kier molecular flexibility index (Phi) is 2.99. The van der Waals surface area contributed by atoms with Gasteiger partial charge in [0.15, 0.2) is 5.78 Å². The van der Waals surface area contributed by atoms with Gasteiger partial charge in [0.1, 0.15) is 0 Å². The fourth-order valence-corrected chi connectivity index (χ4v) is 2.87. The molecular weight excluding hydrogens is 262 g/mol. The molecule has 4 heteroatoms. The van der Waals surface area contributed by atoms with E-state index in [1.807, 2.05) is 18.2 Å². The molecule has 1 aliphatic rings. The van der Waals surface area contributed by atoms with Crippen molar-refractivity contribution in [1.29, 1.82) is 0 Å². The zero-order valence-electron chi connectivity index (χ0n) is 10.2. The molecule has 0 aliphatic heterocycles. The van der Waals surface area contributed by atoms with Crippen LogP contribution in [0.3, 0.4) is 0 Å². The lowest BCUT2D eigenvalue weighted by atomic mass is 9.81. The molecule has 1 aromatic heterocycles. The molecule has 1 atom stereocenters. The molecule has 0 saturated carbocycles. The fourth-order valence-electron chi connectivity index (χ4n) is 2.61. The van der Waals surface area contributed by atoms with Crippen molar-refractivity contribution in [3.8, 4) is 0 Å². The van der Waals surface area contributed by atoms with Gasteiger partial charge < -0.3 is 4.98 Å². The first-order valence-electron chi connectivity index (χ1n) is 6.17. The van der Waals surface area contributed by atoms with E-state index in [4.69, 9.17) is 11.6 Å². The highest BCUT2D eigenvalue weighted by Crippen LogP contribution is 2.34. The lowest BCUT2D eigenvalue weighted by molar-refractivity contribution is 0.0945. The molecule has 1 N–H and O–H groups in total. The van der Waals surface area contributed by atoms with Crippen molar-refractivity contribution < 1.29 is 4.79 Å². The number of nitrogens with one attached hydrogen (secondary N) is 1. The average Bonchev–Trinajstić information content (AvgIpc) is 2.40. The van der Waals surface area contributed by atoms with Gasteiger partial charge in [-0.3, -0.25) is 9.59 Å². The smallest absolute Gasteiger partial charge is 0.248 e. The van der Waals surface area contributed by atoms with Gasteiger partial charge in [-0.15, -0.1) is 0 Å². The van der Waals surface area contributed by atoms with Crippen LogP contribution in [0.5, 0.6) is 0 Å². The summed E-state index contributed by atoms with van der Waals surface area (Å²) in [5.74, 6) is -0.183. The van der Waals surface area contributed by atoms with Gasteiger partial charge in [-0.25, -0.2) is 0 Å². The third kappa shape index (κ3) is 2.10. The zero-order chi connectivity index (χ0) is 13.4. The number of rotatable bonds is 1. The number of halogens is 1. The van der Waals surface area contributed by atoms with E-state index in [-0.39, 0.29) is 17.3 Å². The van der Waals surface area contributed by atoms with Crippen LogP contribution in [0.4, 0.5) is 0 Å². The van der Waals surface area contributed by atoms with Gasteiger partial charge in [0.25, 0.3) is 0 Å². The number of fused-ring (bicyclic) bond motifs is 1. The molecule has 1 unspecified atom stereocenters. The Hall–Kier alpha value is -1.87. The van der Waals surface area contributed by atoms with Crippen LogP contribution in [0.15, 0.2) is 41.2 Å². The third-order valence-corrected chi connectivity index (χ3v) is 3.89. The maximum atomic E-state index is 12.5. The summed E-state index contributed by atoms with van der Waals surface area (Å²) >= 11 is 6.17. The largest absolute Gasteiger partial charge is 0.325 e. The highest BCUT2D eigenvalue weighted by Gasteiger charge is 2.30. The van der Waals surface area contributed by atoms with Gasteiger partial charge in [0.2, 0.25) is 5.56 Å². The van der Waals surface area contributed by atoms with Crippen LogP contribution in [0.2, 0.25) is 5.02 Å². The summed E-state index contributed by atoms with van der Waals surface area (Å²) in [4.78, 5) is 26.5. The van der Waals surface area contributed by atoms with Gasteiger partial charge in [-0.2, -0.15) is 0 Å². The molecule has 0 radical (unpaired) electrons. The van der Waals surface area contributed by atoms with Crippen LogP contribution in [0.1, 0.15) is 34.0 Å². The molecule has 3 nitrogen and oxygen atoms in total. The third-order valence-electron chi connectivity index (χ3n) is 3.55. The van der Waals surface area contributed by atoms with E-state index in [1.165, 1.54) is 6.07 Å². The Morgan fingerprint density at radius 3 is 2.68 bits per heavy atom. The van der Waals surface area contributed by atoms with Crippen molar-refractivity contribution in [3.63, 3.8) is 0 Å². The lowest BCUT2D eigenvalue weighted by Gasteiger charge is -2.23. The Labute approximate surface area is 115 Å². The maximum Gasteiger partial charge on any atom is 0.248 e. The van der Waals surface area contributed by atoms with E-state index >= 15 is 0 Å². The molecule has 3 rings (SSSR count). The molecule has 1 aromatic carbocycles. The Bertz CT molecular complexity index is 705. The Morgan fingerprint density at radius 2 is 1.89 bits per heavy atom. The first kappa shape index (κ1) is 12.2. The highest BCUT2D eigenvalue weighted by atomic mass is 35.5. The number of pyridine rings is 1. The molecule has 0 spiro atoms. The SMILES string of the molecule is O=C1c2ccc(=O)[nH]c2CCC1c1ccccc1Cl. The van der Waals surface area contributed by atoms with Gasteiger partial charge in [-0.1, -0.05) is 29.8 Å². The quantitative estimate of drug-likeness (QED) is 0.868. The summed E-state index contributed by atoms with van der Waals surface area (Å²) in [6, 6.07) is 10.4. The predicted octanol–water partition coefficient (Wildman–Crippen LogP) is 2.94. The van der Waals surface area contributed by atoms with Crippen molar-refractivity contribution in [2.24, 2.45) is 0 Å². The maximum absolute atomic E-state index is 12.5. The molecule has 1 heterocycles. The first-order valence-corrected chi connectivity index (χ1v) is 6.55. The number of H-pyrrole nitrogens is 1. The van der Waals surface area contributed by atoms with Gasteiger partial charge in [-0.05, 0) is 30.5 Å². The molecule has 1 aliphatic carbocycles. The standard InChI is InChI=1S/C15H12ClNO2/c16-12-4-2-1-3-9(12)10-5-7-13-11(15(10)19)6-8-14(18)17-13/h1-4,6,8,10H,5,7H2,(H,17,18). The number of aromatic nitrogens is 1. The molecule has 19 heavy (non-hydrogen) atoms. The second-order valence-corrected chi connectivity index (χ2v) is 5.10. The van der Waals surface area contributed by atoms with Crippen LogP contribution in [-0.4, -0.2) is 10.8 Å². The van der Waals surface area contributed by atoms with Crippen LogP contribution in [0.25, 0.3) is 0 Å². The van der Waals surface area contributed by atoms with Crippen LogP contribution in [0, 0.1) is 0 Å². The van der Waals surface area contributed by atoms with E-state index < -0.39 is 0 Å². The summed E-state index contributed by atoms with van der Waals surface area (Å²) in [6.45, 7) is 0. The molecule has 0 amide bonds. The minimum absolute atomic E-state index is 0.0330. The number of ketones is 1. The van der Waals surface area contributed by atoms with Crippen molar-refractivity contribution in [3.05, 3.63) is 68.6 Å². The van der Waals surface area contributed by atoms with Crippen molar-refractivity contribution in [2.45, 2.75) is 18.8 Å². The summed E-state index contributed by atoms with van der Waals surface area (Å²) < 4.78 is 0. The first-order chi connectivity index (χ1) is 9.16. The fraction of sp³-hybridized carbons (Fsp3) is 0.200. The normalized spacial score (nSPS) is 18.2. The predicted molar refractivity (Wildman–Crippen MR) is 73.9 cm³/mol. The number of carbonyl (C=O) groups excluding carboxylic acids is 1. The van der Waals surface area contributed by atoms with E-state index in [2.05, 4.69) is 4.98 Å². The van der Waals surface area contributed by atoms with Gasteiger partial charge in [0.05, 0.1) is 0 Å². The van der Waals surface area contributed by atoms with E-state index in [9.17, 15) is 9.59 Å². The average molecular weight is 274 g/mol. The van der Waals surface area contributed by atoms with Crippen molar-refractivity contribution >= 4 is 17.4 Å². The molecule has 0 bridgehead atoms. The topological polar surface area (TPSA) is 49.9 Å². The molecule has 2 aromatic rings. The number of hydrogen-bond acceptors (Lipinski definition) is 2. The monoisotopic (exact) mass is 273 g/mol. The highest BCUT2D eigenvalue weighted by molar-refractivity contribution is 6.31. The number of carbonyl (C=O) groups is 1. The van der Waals surface area contributed by atoms with E-state index in [1.54, 1.807) is 12.1 Å². The zero-order valence-corrected chi connectivity index (χ0v) is 10.9. The minimum atomic E-state index is -0.216. The molecule has 0 saturated heterocycles. The second-order valence-electron chi connectivity index (χ2n) is 4.69. The minimum Gasteiger partial charge on any atom is -0.325 e. The number of aromatic amines is 1. The van der Waals surface area contributed by atoms with Crippen LogP contribution in [-0.2, 0) is 6.42 Å². The van der Waals surface area contributed by atoms with Gasteiger partial charge >= 0.3 is 0 Å². The van der Waals surface area contributed by atoms with Crippen LogP contribution >= 0.6 is 11.6 Å². The Morgan fingerprint density at radius 1 is 1.11 bits per heavy atom. The Balaban J connectivity index is 2.05. The van der Waals surface area contributed by atoms with E-state index in [0.717, 1.165) is 11.3 Å².